The van der Waals surface area contributed by atoms with Crippen LogP contribution in [0.25, 0.3) is 45.0 Å². The summed E-state index contributed by atoms with van der Waals surface area (Å²) in [6, 6.07) is 48.0. The molecule has 8 aromatic rings. The number of unbranched alkanes of at least 4 members (excludes halogenated alkanes) is 20. The Hall–Kier alpha value is -5.52. The molecule has 4 aromatic heterocycles. The summed E-state index contributed by atoms with van der Waals surface area (Å²) in [5.74, 6) is 6.73. The third-order valence-electron chi connectivity index (χ3n) is 16.2. The summed E-state index contributed by atoms with van der Waals surface area (Å²) in [7, 11) is 0. The van der Waals surface area contributed by atoms with Crippen LogP contribution in [0.2, 0.25) is 0 Å². The first-order valence-corrected chi connectivity index (χ1v) is 37.9. The first kappa shape index (κ1) is 96.5. The van der Waals surface area contributed by atoms with Gasteiger partial charge in [-0.15, -0.1) is 84.9 Å². The minimum absolute atomic E-state index is 0. The standard InChI is InChI=1S/C23H32NO2.2C22H30NO2.C21H28NO2.4Ir/c1-5-6-7-8-9-10-16-25-23-19(4)12-11-13-21(23)22-17-20(14-15-24-22)26-18(2)3;1-4-5-6-7-8-11-16-24-22-13-10-9-12-20(22)21-17-19(14-15-23-21)25-18(2)3;1-4-6-7-8-9-10-16-25-22-18(3)12-11-13-20(22)21-17-19(24-5-2)14-15-23-21;1-3-5-6-7-8-11-16-24-21-13-10-9-12-19(21)20-17-18(23-4-2)14-15-22-20;;;;/h11-12,14-15,17-18H,5-10,16H2,1-4H3;9-10,13-15,17-18H,4-8,11,16H2,1-3H3;11-12,14-15,17H,4-10,16H2,1-3H3;9-10,13-15,17H,3-8,11,16H2,1-2H3;;;;/q4*-1;;;;. The number of nitrogens with zero attached hydrogens (tertiary/aromatic N) is 4. The van der Waals surface area contributed by atoms with E-state index in [1.165, 1.54) is 128 Å². The monoisotopic (exact) mass is 2130 g/mol. The summed E-state index contributed by atoms with van der Waals surface area (Å²) < 4.78 is 47.0. The van der Waals surface area contributed by atoms with E-state index in [1.54, 1.807) is 24.8 Å². The number of pyridine rings is 4. The van der Waals surface area contributed by atoms with Crippen molar-refractivity contribution in [3.05, 3.63) is 169 Å². The second-order valence-corrected chi connectivity index (χ2v) is 25.7. The maximum atomic E-state index is 6.14. The summed E-state index contributed by atoms with van der Waals surface area (Å²) in [5, 5.41) is 0. The molecule has 104 heavy (non-hydrogen) atoms. The third-order valence-corrected chi connectivity index (χ3v) is 16.2. The van der Waals surface area contributed by atoms with E-state index in [4.69, 9.17) is 37.9 Å². The van der Waals surface area contributed by atoms with E-state index in [9.17, 15) is 0 Å². The molecule has 0 atom stereocenters. The van der Waals surface area contributed by atoms with Crippen molar-refractivity contribution < 1.29 is 118 Å². The summed E-state index contributed by atoms with van der Waals surface area (Å²) in [4.78, 5) is 17.9. The minimum Gasteiger partial charge on any atom is -0.537 e. The quantitative estimate of drug-likeness (QED) is 0.0267. The van der Waals surface area contributed by atoms with Crippen LogP contribution in [0.15, 0.2) is 134 Å². The molecule has 0 saturated carbocycles. The molecule has 16 heteroatoms. The number of benzene rings is 4. The third kappa shape index (κ3) is 38.8. The zero-order valence-electron chi connectivity index (χ0n) is 64.5. The second kappa shape index (κ2) is 60.5. The molecule has 0 amide bonds. The van der Waals surface area contributed by atoms with Crippen LogP contribution in [-0.4, -0.2) is 71.8 Å². The first-order valence-electron chi connectivity index (χ1n) is 37.9. The molecule has 12 nitrogen and oxygen atoms in total. The van der Waals surface area contributed by atoms with Crippen LogP contribution in [0.5, 0.6) is 46.0 Å². The van der Waals surface area contributed by atoms with Crippen molar-refractivity contribution in [1.82, 2.24) is 19.9 Å². The van der Waals surface area contributed by atoms with Gasteiger partial charge in [-0.2, -0.15) is 0 Å². The van der Waals surface area contributed by atoms with Gasteiger partial charge in [0.2, 0.25) is 0 Å². The fourth-order valence-corrected chi connectivity index (χ4v) is 11.1. The van der Waals surface area contributed by atoms with Crippen LogP contribution in [-0.2, 0) is 80.4 Å². The van der Waals surface area contributed by atoms with Crippen LogP contribution < -0.4 is 37.9 Å². The SMILES string of the molecule is CCCCCCCCOc1c(-c2cc(OC(C)C)ccn2)[c-]ccc1C.CCCCCCCCOc1c(-c2cc(OCC)ccn2)[c-]ccc1C.CCCCCCCCOc1ccc[c-]c1-c1cc(OC(C)C)ccn1.CCCCCCCCOc1ccc[c-]c1-c1cc(OCC)ccn1.[Ir].[Ir].[Ir].[Ir]. The number of ether oxygens (including phenoxy) is 8. The van der Waals surface area contributed by atoms with Crippen molar-refractivity contribution in [3.63, 3.8) is 0 Å². The number of aromatic nitrogens is 4. The molecular formula is C88H120Ir4N4O8-4. The average molecular weight is 2130 g/mol. The van der Waals surface area contributed by atoms with Crippen molar-refractivity contribution >= 4 is 0 Å². The van der Waals surface area contributed by atoms with Gasteiger partial charge in [0, 0.05) is 128 Å². The van der Waals surface area contributed by atoms with Crippen molar-refractivity contribution in [2.75, 3.05) is 39.6 Å². The smallest absolute Gasteiger partial charge is 0.114 e. The van der Waals surface area contributed by atoms with E-state index in [2.05, 4.69) is 85.7 Å². The summed E-state index contributed by atoms with van der Waals surface area (Å²) in [5.41, 5.74) is 9.17. The molecule has 4 heterocycles. The van der Waals surface area contributed by atoms with Gasteiger partial charge in [-0.05, 0) is 139 Å². The molecule has 0 saturated heterocycles. The summed E-state index contributed by atoms with van der Waals surface area (Å²) >= 11 is 0. The molecule has 0 unspecified atom stereocenters. The molecule has 0 aliphatic rings. The van der Waals surface area contributed by atoms with Crippen molar-refractivity contribution in [3.8, 4) is 91.0 Å². The maximum absolute atomic E-state index is 6.14. The van der Waals surface area contributed by atoms with E-state index in [1.807, 2.05) is 151 Å². The van der Waals surface area contributed by atoms with E-state index in [0.29, 0.717) is 13.2 Å². The van der Waals surface area contributed by atoms with Crippen LogP contribution in [0.4, 0.5) is 0 Å². The molecule has 0 bridgehead atoms. The van der Waals surface area contributed by atoms with Gasteiger partial charge < -0.3 is 57.8 Å². The second-order valence-electron chi connectivity index (χ2n) is 25.7. The van der Waals surface area contributed by atoms with Gasteiger partial charge in [0.15, 0.2) is 0 Å². The summed E-state index contributed by atoms with van der Waals surface area (Å²) in [6.45, 7) is 29.4. The normalized spacial score (nSPS) is 10.4. The minimum atomic E-state index is 0. The van der Waals surface area contributed by atoms with E-state index < -0.39 is 0 Å². The molecule has 0 spiro atoms. The van der Waals surface area contributed by atoms with Gasteiger partial charge in [-0.25, -0.2) is 0 Å². The molecule has 4 radical (unpaired) electrons. The molecule has 0 aliphatic heterocycles. The van der Waals surface area contributed by atoms with Gasteiger partial charge in [0.25, 0.3) is 0 Å². The topological polar surface area (TPSA) is 125 Å². The summed E-state index contributed by atoms with van der Waals surface area (Å²) in [6.07, 6.45) is 37.5. The molecule has 580 valence electrons. The van der Waals surface area contributed by atoms with Crippen molar-refractivity contribution in [2.24, 2.45) is 0 Å². The van der Waals surface area contributed by atoms with Crippen molar-refractivity contribution in [2.45, 2.75) is 249 Å². The predicted molar refractivity (Wildman–Crippen MR) is 413 cm³/mol. The van der Waals surface area contributed by atoms with E-state index in [-0.39, 0.29) is 92.6 Å². The van der Waals surface area contributed by atoms with Crippen LogP contribution in [0.1, 0.15) is 234 Å². The van der Waals surface area contributed by atoms with Crippen molar-refractivity contribution in [1.29, 1.82) is 0 Å². The fraction of sp³-hybridized carbons (Fsp3) is 0.500. The Morgan fingerprint density at radius 2 is 0.587 bits per heavy atom. The Morgan fingerprint density at radius 1 is 0.308 bits per heavy atom. The Bertz CT molecular complexity index is 3450. The van der Waals surface area contributed by atoms with E-state index >= 15 is 0 Å². The van der Waals surface area contributed by atoms with Gasteiger partial charge in [-0.3, -0.25) is 0 Å². The zero-order valence-corrected chi connectivity index (χ0v) is 74.0. The number of aryl methyl sites for hydroxylation is 2. The molecular weight excluding hydrogens is 2010 g/mol. The maximum Gasteiger partial charge on any atom is 0.114 e. The number of hydrogen-bond acceptors (Lipinski definition) is 12. The van der Waals surface area contributed by atoms with Crippen LogP contribution >= 0.6 is 0 Å². The van der Waals surface area contributed by atoms with Crippen LogP contribution in [0.3, 0.4) is 0 Å². The Kier molecular flexibility index (Phi) is 56.1. The average Bonchev–Trinajstić information content (AvgIpc) is 0.833. The number of rotatable bonds is 44. The molecule has 0 N–H and O–H groups in total. The molecule has 4 aromatic carbocycles. The van der Waals surface area contributed by atoms with Crippen LogP contribution in [0, 0.1) is 38.1 Å². The Balaban J connectivity index is 0.000000685. The number of hydrogen-bond donors (Lipinski definition) is 0. The molecule has 0 aliphatic carbocycles. The Morgan fingerprint density at radius 3 is 0.904 bits per heavy atom. The van der Waals surface area contributed by atoms with E-state index in [0.717, 1.165) is 154 Å². The van der Waals surface area contributed by atoms with Gasteiger partial charge in [0.1, 0.15) is 23.0 Å². The van der Waals surface area contributed by atoms with Gasteiger partial charge >= 0.3 is 0 Å². The molecule has 8 rings (SSSR count). The Labute approximate surface area is 682 Å². The fourth-order valence-electron chi connectivity index (χ4n) is 11.1. The van der Waals surface area contributed by atoms with Gasteiger partial charge in [0.05, 0.1) is 51.8 Å². The zero-order chi connectivity index (χ0) is 71.6. The molecule has 0 fully saturated rings. The predicted octanol–water partition coefficient (Wildman–Crippen LogP) is 24.1. The van der Waals surface area contributed by atoms with Gasteiger partial charge in [-0.1, -0.05) is 203 Å². The first-order chi connectivity index (χ1) is 48.9. The largest absolute Gasteiger partial charge is 0.537 e.